The average molecular weight is 260 g/mol. The molecule has 0 bridgehead atoms. The summed E-state index contributed by atoms with van der Waals surface area (Å²) in [6.45, 7) is 4.37. The van der Waals surface area contributed by atoms with Gasteiger partial charge in [0, 0.05) is 18.0 Å². The molecule has 3 heteroatoms. The lowest BCUT2D eigenvalue weighted by Gasteiger charge is -2.43. The molecule has 1 atom stereocenters. The first-order valence-corrected chi connectivity index (χ1v) is 7.58. The minimum atomic E-state index is -0.387. The Morgan fingerprint density at radius 2 is 1.89 bits per heavy atom. The molecule has 1 N–H and O–H groups in total. The van der Waals surface area contributed by atoms with E-state index in [2.05, 4.69) is 16.8 Å². The van der Waals surface area contributed by atoms with Crippen LogP contribution in [-0.4, -0.2) is 33.6 Å². The summed E-state index contributed by atoms with van der Waals surface area (Å²) in [5.41, 5.74) is 2.16. The van der Waals surface area contributed by atoms with E-state index < -0.39 is 0 Å². The summed E-state index contributed by atoms with van der Waals surface area (Å²) < 4.78 is 0. The van der Waals surface area contributed by atoms with E-state index in [1.165, 1.54) is 25.7 Å². The number of hydrogen-bond acceptors (Lipinski definition) is 3. The Hall–Kier alpha value is -0.930. The monoisotopic (exact) mass is 260 g/mol. The Labute approximate surface area is 115 Å². The first-order valence-electron chi connectivity index (χ1n) is 7.58. The number of nitrogens with zero attached hydrogens (tertiary/aromatic N) is 2. The fraction of sp³-hybridized carbons (Fsp3) is 0.688. The number of aliphatic hydroxyl groups is 1. The van der Waals surface area contributed by atoms with Crippen molar-refractivity contribution in [3.63, 3.8) is 0 Å². The van der Waals surface area contributed by atoms with Crippen molar-refractivity contribution in [1.29, 1.82) is 0 Å². The largest absolute Gasteiger partial charge is 0.386 e. The van der Waals surface area contributed by atoms with E-state index in [0.29, 0.717) is 0 Å². The lowest BCUT2D eigenvalue weighted by Crippen LogP contribution is -2.49. The van der Waals surface area contributed by atoms with Crippen LogP contribution in [0.4, 0.5) is 0 Å². The number of rotatable bonds is 3. The highest BCUT2D eigenvalue weighted by molar-refractivity contribution is 5.27. The Morgan fingerprint density at radius 1 is 1.21 bits per heavy atom. The number of aromatic nitrogens is 1. The van der Waals surface area contributed by atoms with E-state index in [4.69, 9.17) is 0 Å². The van der Waals surface area contributed by atoms with Gasteiger partial charge in [0.2, 0.25) is 0 Å². The summed E-state index contributed by atoms with van der Waals surface area (Å²) in [7, 11) is 0. The predicted octanol–water partition coefficient (Wildman–Crippen LogP) is 2.83. The number of hydrogen-bond donors (Lipinski definition) is 1. The average Bonchev–Trinajstić information content (AvgIpc) is 3.10. The molecule has 1 unspecified atom stereocenters. The van der Waals surface area contributed by atoms with Crippen molar-refractivity contribution >= 4 is 0 Å². The first-order chi connectivity index (χ1) is 9.24. The number of aryl methyl sites for hydroxylation is 1. The second kappa shape index (κ2) is 5.22. The third kappa shape index (κ3) is 2.19. The van der Waals surface area contributed by atoms with Crippen molar-refractivity contribution in [1.82, 2.24) is 9.88 Å². The van der Waals surface area contributed by atoms with Gasteiger partial charge in [-0.3, -0.25) is 9.88 Å². The fourth-order valence-electron chi connectivity index (χ4n) is 3.96. The molecular formula is C16H24N2O. The van der Waals surface area contributed by atoms with Gasteiger partial charge in [0.25, 0.3) is 0 Å². The minimum absolute atomic E-state index is 0.0235. The lowest BCUT2D eigenvalue weighted by molar-refractivity contribution is -0.0200. The zero-order valence-corrected chi connectivity index (χ0v) is 11.8. The highest BCUT2D eigenvalue weighted by Crippen LogP contribution is 2.46. The lowest BCUT2D eigenvalue weighted by atomic mass is 9.83. The van der Waals surface area contributed by atoms with Crippen LogP contribution in [0, 0.1) is 6.92 Å². The van der Waals surface area contributed by atoms with Crippen LogP contribution < -0.4 is 0 Å². The predicted molar refractivity (Wildman–Crippen MR) is 75.9 cm³/mol. The highest BCUT2D eigenvalue weighted by atomic mass is 16.3. The molecule has 1 saturated heterocycles. The molecule has 1 aliphatic carbocycles. The number of pyridine rings is 1. The van der Waals surface area contributed by atoms with Crippen LogP contribution >= 0.6 is 0 Å². The molecule has 19 heavy (non-hydrogen) atoms. The summed E-state index contributed by atoms with van der Waals surface area (Å²) >= 11 is 0. The number of likely N-dealkylation sites (tertiary alicyclic amines) is 1. The van der Waals surface area contributed by atoms with Gasteiger partial charge >= 0.3 is 0 Å². The fourth-order valence-corrected chi connectivity index (χ4v) is 3.96. The quantitative estimate of drug-likeness (QED) is 0.908. The van der Waals surface area contributed by atoms with Crippen molar-refractivity contribution in [3.05, 3.63) is 29.6 Å². The van der Waals surface area contributed by atoms with Crippen LogP contribution in [0.3, 0.4) is 0 Å². The molecule has 2 heterocycles. The molecule has 0 radical (unpaired) electrons. The van der Waals surface area contributed by atoms with Crippen LogP contribution in [0.25, 0.3) is 0 Å². The van der Waals surface area contributed by atoms with Gasteiger partial charge in [0.15, 0.2) is 0 Å². The first kappa shape index (κ1) is 13.1. The Bertz CT molecular complexity index is 434. The number of aliphatic hydroxyl groups excluding tert-OH is 1. The van der Waals surface area contributed by atoms with Crippen molar-refractivity contribution in [3.8, 4) is 0 Å². The SMILES string of the molecule is Cc1ccncc1C(O)C1(N2CCCC2)CCCC1. The smallest absolute Gasteiger partial charge is 0.0990 e. The Balaban J connectivity index is 1.94. The van der Waals surface area contributed by atoms with Crippen molar-refractivity contribution in [2.45, 2.75) is 57.1 Å². The van der Waals surface area contributed by atoms with E-state index in [-0.39, 0.29) is 11.6 Å². The molecule has 1 saturated carbocycles. The van der Waals surface area contributed by atoms with Gasteiger partial charge in [-0.05, 0) is 57.3 Å². The maximum atomic E-state index is 11.0. The maximum absolute atomic E-state index is 11.0. The summed E-state index contributed by atoms with van der Waals surface area (Å²) in [5.74, 6) is 0. The second-order valence-electron chi connectivity index (χ2n) is 6.14. The van der Waals surface area contributed by atoms with E-state index in [1.807, 2.05) is 18.5 Å². The zero-order valence-electron chi connectivity index (χ0n) is 11.8. The van der Waals surface area contributed by atoms with Gasteiger partial charge in [-0.1, -0.05) is 12.8 Å². The summed E-state index contributed by atoms with van der Waals surface area (Å²) in [4.78, 5) is 6.77. The molecule has 3 rings (SSSR count). The van der Waals surface area contributed by atoms with Crippen LogP contribution in [-0.2, 0) is 0 Å². The molecule has 0 amide bonds. The van der Waals surface area contributed by atoms with E-state index >= 15 is 0 Å². The van der Waals surface area contributed by atoms with Gasteiger partial charge in [-0.25, -0.2) is 0 Å². The normalized spacial score (nSPS) is 24.7. The molecule has 0 aromatic carbocycles. The molecule has 104 valence electrons. The summed E-state index contributed by atoms with van der Waals surface area (Å²) in [6.07, 6.45) is 10.6. The molecule has 3 nitrogen and oxygen atoms in total. The van der Waals surface area contributed by atoms with E-state index in [0.717, 1.165) is 37.1 Å². The van der Waals surface area contributed by atoms with Gasteiger partial charge in [0.05, 0.1) is 11.6 Å². The van der Waals surface area contributed by atoms with Gasteiger partial charge in [-0.2, -0.15) is 0 Å². The molecule has 2 fully saturated rings. The molecule has 1 aliphatic heterocycles. The molecule has 0 spiro atoms. The van der Waals surface area contributed by atoms with Crippen LogP contribution in [0.2, 0.25) is 0 Å². The van der Waals surface area contributed by atoms with Gasteiger partial charge < -0.3 is 5.11 Å². The standard InChI is InChI=1S/C16H24N2O/c1-13-6-9-17-12-14(13)15(19)16(7-2-3-8-16)18-10-4-5-11-18/h6,9,12,15,19H,2-5,7-8,10-11H2,1H3. The van der Waals surface area contributed by atoms with Crippen molar-refractivity contribution < 1.29 is 5.11 Å². The van der Waals surface area contributed by atoms with Crippen LogP contribution in [0.1, 0.15) is 55.8 Å². The minimum Gasteiger partial charge on any atom is -0.386 e. The summed E-state index contributed by atoms with van der Waals surface area (Å²) in [6, 6.07) is 2.01. The van der Waals surface area contributed by atoms with Gasteiger partial charge in [0.1, 0.15) is 0 Å². The maximum Gasteiger partial charge on any atom is 0.0990 e. The van der Waals surface area contributed by atoms with Crippen LogP contribution in [0.15, 0.2) is 18.5 Å². The Kier molecular flexibility index (Phi) is 3.59. The molecule has 1 aromatic heterocycles. The zero-order chi connectivity index (χ0) is 13.3. The topological polar surface area (TPSA) is 36.4 Å². The second-order valence-corrected chi connectivity index (χ2v) is 6.14. The van der Waals surface area contributed by atoms with E-state index in [1.54, 1.807) is 0 Å². The van der Waals surface area contributed by atoms with Crippen LogP contribution in [0.5, 0.6) is 0 Å². The van der Waals surface area contributed by atoms with Crippen molar-refractivity contribution in [2.75, 3.05) is 13.1 Å². The Morgan fingerprint density at radius 3 is 2.53 bits per heavy atom. The molecule has 1 aromatic rings. The third-order valence-corrected chi connectivity index (χ3v) is 5.09. The third-order valence-electron chi connectivity index (χ3n) is 5.09. The highest BCUT2D eigenvalue weighted by Gasteiger charge is 2.47. The van der Waals surface area contributed by atoms with Crippen molar-refractivity contribution in [2.24, 2.45) is 0 Å². The molecular weight excluding hydrogens is 236 g/mol. The van der Waals surface area contributed by atoms with E-state index in [9.17, 15) is 5.11 Å². The van der Waals surface area contributed by atoms with Gasteiger partial charge in [-0.15, -0.1) is 0 Å². The summed E-state index contributed by atoms with van der Waals surface area (Å²) in [5, 5.41) is 11.0. The molecule has 2 aliphatic rings.